The first-order valence-electron chi connectivity index (χ1n) is 6.36. The summed E-state index contributed by atoms with van der Waals surface area (Å²) < 4.78 is 5.40. The van der Waals surface area contributed by atoms with Crippen molar-refractivity contribution in [2.24, 2.45) is 11.8 Å². The molecule has 0 radical (unpaired) electrons. The van der Waals surface area contributed by atoms with Gasteiger partial charge in [0.25, 0.3) is 0 Å². The number of carbonyl (C=O) groups is 2. The average molecular weight is 258 g/mol. The van der Waals surface area contributed by atoms with Crippen molar-refractivity contribution >= 4 is 12.0 Å². The summed E-state index contributed by atoms with van der Waals surface area (Å²) in [6, 6.07) is -0.244. The minimum atomic E-state index is -0.839. The summed E-state index contributed by atoms with van der Waals surface area (Å²) in [7, 11) is 0. The predicted molar refractivity (Wildman–Crippen MR) is 66.3 cm³/mol. The number of nitrogens with one attached hydrogen (secondary N) is 2. The van der Waals surface area contributed by atoms with Crippen molar-refractivity contribution in [1.29, 1.82) is 0 Å². The van der Waals surface area contributed by atoms with E-state index in [-0.39, 0.29) is 12.1 Å². The fraction of sp³-hybridized carbons (Fsp3) is 0.833. The standard InChI is InChI=1S/C12H22N2O4/c1-8(11(15)16)3-5-13-12(17)14-7-10-4-6-18-9(10)2/h8-10H,3-7H2,1-2H3,(H,15,16)(H2,13,14,17). The minimum Gasteiger partial charge on any atom is -0.481 e. The lowest BCUT2D eigenvalue weighted by molar-refractivity contribution is -0.141. The third-order valence-electron chi connectivity index (χ3n) is 3.34. The molecule has 3 N–H and O–H groups in total. The van der Waals surface area contributed by atoms with E-state index in [1.165, 1.54) is 0 Å². The lowest BCUT2D eigenvalue weighted by Gasteiger charge is -2.15. The van der Waals surface area contributed by atoms with E-state index in [9.17, 15) is 9.59 Å². The Balaban J connectivity index is 2.08. The third-order valence-corrected chi connectivity index (χ3v) is 3.34. The second-order valence-corrected chi connectivity index (χ2v) is 4.79. The van der Waals surface area contributed by atoms with Crippen molar-refractivity contribution in [1.82, 2.24) is 10.6 Å². The Morgan fingerprint density at radius 2 is 2.17 bits per heavy atom. The molecule has 2 amide bonds. The highest BCUT2D eigenvalue weighted by Crippen LogP contribution is 2.19. The van der Waals surface area contributed by atoms with E-state index in [0.29, 0.717) is 25.4 Å². The summed E-state index contributed by atoms with van der Waals surface area (Å²) in [6.07, 6.45) is 1.60. The van der Waals surface area contributed by atoms with E-state index in [0.717, 1.165) is 13.0 Å². The smallest absolute Gasteiger partial charge is 0.314 e. The number of hydrogen-bond acceptors (Lipinski definition) is 3. The SMILES string of the molecule is CC(CCNC(=O)NCC1CCOC1C)C(=O)O. The van der Waals surface area contributed by atoms with Gasteiger partial charge in [0.05, 0.1) is 12.0 Å². The molecule has 6 heteroatoms. The number of hydrogen-bond donors (Lipinski definition) is 3. The third kappa shape index (κ3) is 4.91. The second-order valence-electron chi connectivity index (χ2n) is 4.79. The van der Waals surface area contributed by atoms with Crippen LogP contribution < -0.4 is 10.6 Å². The molecule has 0 bridgehead atoms. The molecule has 0 aromatic heterocycles. The van der Waals surface area contributed by atoms with Crippen molar-refractivity contribution in [2.45, 2.75) is 32.8 Å². The molecule has 0 saturated carbocycles. The normalized spacial score (nSPS) is 24.6. The van der Waals surface area contributed by atoms with Gasteiger partial charge < -0.3 is 20.5 Å². The van der Waals surface area contributed by atoms with Gasteiger partial charge in [-0.2, -0.15) is 0 Å². The van der Waals surface area contributed by atoms with Gasteiger partial charge >= 0.3 is 12.0 Å². The Morgan fingerprint density at radius 1 is 1.44 bits per heavy atom. The van der Waals surface area contributed by atoms with Crippen LogP contribution in [0, 0.1) is 11.8 Å². The largest absolute Gasteiger partial charge is 0.481 e. The fourth-order valence-corrected chi connectivity index (χ4v) is 1.86. The van der Waals surface area contributed by atoms with Gasteiger partial charge in [-0.25, -0.2) is 4.79 Å². The Bertz CT molecular complexity index is 296. The van der Waals surface area contributed by atoms with Crippen LogP contribution in [0.1, 0.15) is 26.7 Å². The average Bonchev–Trinajstić information content (AvgIpc) is 2.72. The number of ether oxygens (including phenoxy) is 1. The first kappa shape index (κ1) is 14.8. The summed E-state index contributed by atoms with van der Waals surface area (Å²) >= 11 is 0. The Labute approximate surface area is 107 Å². The van der Waals surface area contributed by atoms with Crippen LogP contribution in [0.2, 0.25) is 0 Å². The molecule has 1 aliphatic rings. The number of urea groups is 1. The van der Waals surface area contributed by atoms with Gasteiger partial charge in [0.1, 0.15) is 0 Å². The van der Waals surface area contributed by atoms with Crippen molar-refractivity contribution in [3.8, 4) is 0 Å². The Morgan fingerprint density at radius 3 is 2.72 bits per heavy atom. The number of carboxylic acid groups (broad SMARTS) is 1. The van der Waals surface area contributed by atoms with Crippen LogP contribution in [0.5, 0.6) is 0 Å². The van der Waals surface area contributed by atoms with Crippen molar-refractivity contribution < 1.29 is 19.4 Å². The molecule has 3 atom stereocenters. The molecule has 0 aromatic carbocycles. The maximum Gasteiger partial charge on any atom is 0.314 e. The molecule has 6 nitrogen and oxygen atoms in total. The van der Waals surface area contributed by atoms with Crippen LogP contribution in [0.25, 0.3) is 0 Å². The van der Waals surface area contributed by atoms with E-state index in [2.05, 4.69) is 10.6 Å². The molecule has 104 valence electrons. The van der Waals surface area contributed by atoms with Gasteiger partial charge in [0.2, 0.25) is 0 Å². The lowest BCUT2D eigenvalue weighted by atomic mass is 10.0. The van der Waals surface area contributed by atoms with Gasteiger partial charge in [-0.05, 0) is 19.8 Å². The van der Waals surface area contributed by atoms with Gasteiger partial charge in [0, 0.05) is 25.6 Å². The minimum absolute atomic E-state index is 0.192. The maximum atomic E-state index is 11.4. The van der Waals surface area contributed by atoms with Crippen LogP contribution in [0.4, 0.5) is 4.79 Å². The van der Waals surface area contributed by atoms with Crippen LogP contribution >= 0.6 is 0 Å². The summed E-state index contributed by atoms with van der Waals surface area (Å²) in [5.74, 6) is -0.906. The summed E-state index contributed by atoms with van der Waals surface area (Å²) in [5.41, 5.74) is 0. The Kier molecular flexibility index (Phi) is 5.91. The highest BCUT2D eigenvalue weighted by atomic mass is 16.5. The van der Waals surface area contributed by atoms with E-state index < -0.39 is 11.9 Å². The molecular formula is C12H22N2O4. The Hall–Kier alpha value is -1.30. The maximum absolute atomic E-state index is 11.4. The van der Waals surface area contributed by atoms with Crippen LogP contribution in [-0.2, 0) is 9.53 Å². The van der Waals surface area contributed by atoms with E-state index in [1.54, 1.807) is 6.92 Å². The first-order chi connectivity index (χ1) is 8.50. The summed E-state index contributed by atoms with van der Waals surface area (Å²) in [6.45, 7) is 5.36. The highest BCUT2D eigenvalue weighted by molar-refractivity contribution is 5.74. The zero-order valence-electron chi connectivity index (χ0n) is 10.9. The molecule has 1 saturated heterocycles. The molecule has 1 fully saturated rings. The number of aliphatic carboxylic acids is 1. The predicted octanol–water partition coefficient (Wildman–Crippen LogP) is 0.821. The molecule has 1 rings (SSSR count). The molecule has 0 aliphatic carbocycles. The quantitative estimate of drug-likeness (QED) is 0.658. The molecule has 3 unspecified atom stereocenters. The van der Waals surface area contributed by atoms with E-state index in [1.807, 2.05) is 6.92 Å². The number of amides is 2. The van der Waals surface area contributed by atoms with Gasteiger partial charge in [-0.3, -0.25) is 4.79 Å². The van der Waals surface area contributed by atoms with E-state index >= 15 is 0 Å². The van der Waals surface area contributed by atoms with Crippen LogP contribution in [0.3, 0.4) is 0 Å². The number of carboxylic acids is 1. The number of carbonyl (C=O) groups excluding carboxylic acids is 1. The van der Waals surface area contributed by atoms with Crippen LogP contribution in [0.15, 0.2) is 0 Å². The van der Waals surface area contributed by atoms with Crippen molar-refractivity contribution in [2.75, 3.05) is 19.7 Å². The summed E-state index contributed by atoms with van der Waals surface area (Å²) in [5, 5.41) is 14.1. The molecule has 18 heavy (non-hydrogen) atoms. The topological polar surface area (TPSA) is 87.7 Å². The molecular weight excluding hydrogens is 236 g/mol. The van der Waals surface area contributed by atoms with Crippen LogP contribution in [-0.4, -0.2) is 42.9 Å². The fourth-order valence-electron chi connectivity index (χ4n) is 1.86. The van der Waals surface area contributed by atoms with E-state index in [4.69, 9.17) is 9.84 Å². The molecule has 0 aromatic rings. The first-order valence-corrected chi connectivity index (χ1v) is 6.36. The van der Waals surface area contributed by atoms with Crippen molar-refractivity contribution in [3.05, 3.63) is 0 Å². The zero-order chi connectivity index (χ0) is 13.5. The molecule has 0 spiro atoms. The molecule has 1 heterocycles. The summed E-state index contributed by atoms with van der Waals surface area (Å²) in [4.78, 5) is 22.0. The lowest BCUT2D eigenvalue weighted by Crippen LogP contribution is -2.40. The second kappa shape index (κ2) is 7.20. The van der Waals surface area contributed by atoms with Gasteiger partial charge in [-0.15, -0.1) is 0 Å². The molecule has 1 aliphatic heterocycles. The monoisotopic (exact) mass is 258 g/mol. The van der Waals surface area contributed by atoms with Gasteiger partial charge in [-0.1, -0.05) is 6.92 Å². The van der Waals surface area contributed by atoms with Crippen molar-refractivity contribution in [3.63, 3.8) is 0 Å². The van der Waals surface area contributed by atoms with Gasteiger partial charge in [0.15, 0.2) is 0 Å². The highest BCUT2D eigenvalue weighted by Gasteiger charge is 2.24. The number of rotatable bonds is 6. The zero-order valence-corrected chi connectivity index (χ0v) is 10.9.